The number of nitrogens with zero attached hydrogens (tertiary/aromatic N) is 3. The van der Waals surface area contributed by atoms with Crippen LogP contribution in [0.5, 0.6) is 5.75 Å². The van der Waals surface area contributed by atoms with Crippen LogP contribution in [0.2, 0.25) is 10.0 Å². The summed E-state index contributed by atoms with van der Waals surface area (Å²) in [6, 6.07) is 18.0. The van der Waals surface area contributed by atoms with Gasteiger partial charge in [0.15, 0.2) is 0 Å². The topological polar surface area (TPSA) is 99.7 Å². The van der Waals surface area contributed by atoms with Crippen molar-refractivity contribution in [3.05, 3.63) is 94.1 Å². The number of rotatable bonds is 6. The fourth-order valence-corrected chi connectivity index (χ4v) is 3.42. The molecule has 0 unspecified atom stereocenters. The zero-order valence-corrected chi connectivity index (χ0v) is 17.9. The molecule has 4 rings (SSSR count). The Morgan fingerprint density at radius 2 is 1.75 bits per heavy atom. The second kappa shape index (κ2) is 9.13. The van der Waals surface area contributed by atoms with Gasteiger partial charge in [-0.05, 0) is 66.7 Å². The highest BCUT2D eigenvalue weighted by Crippen LogP contribution is 2.27. The molecule has 1 heterocycles. The monoisotopic (exact) mass is 466 g/mol. The van der Waals surface area contributed by atoms with Gasteiger partial charge in [-0.3, -0.25) is 5.43 Å². The number of phenols is 1. The van der Waals surface area contributed by atoms with E-state index in [1.54, 1.807) is 71.7 Å². The number of carbonyl (C=O) groups is 1. The minimum Gasteiger partial charge on any atom is -0.508 e. The molecule has 9 heteroatoms. The van der Waals surface area contributed by atoms with E-state index in [4.69, 9.17) is 28.3 Å². The lowest BCUT2D eigenvalue weighted by atomic mass is 10.1. The van der Waals surface area contributed by atoms with Crippen LogP contribution in [-0.4, -0.2) is 32.2 Å². The lowest BCUT2D eigenvalue weighted by Crippen LogP contribution is -1.98. The van der Waals surface area contributed by atoms with Crippen molar-refractivity contribution >= 4 is 41.1 Å². The molecule has 0 bridgehead atoms. The smallest absolute Gasteiger partial charge is 0.335 e. The zero-order valence-electron chi connectivity index (χ0n) is 16.4. The van der Waals surface area contributed by atoms with Crippen molar-refractivity contribution < 1.29 is 15.0 Å². The van der Waals surface area contributed by atoms with E-state index in [0.29, 0.717) is 32.7 Å². The van der Waals surface area contributed by atoms with Crippen molar-refractivity contribution in [2.24, 2.45) is 5.10 Å². The molecule has 0 atom stereocenters. The number of benzene rings is 3. The molecule has 160 valence electrons. The maximum atomic E-state index is 11.1. The second-order valence-corrected chi connectivity index (χ2v) is 7.61. The van der Waals surface area contributed by atoms with Gasteiger partial charge in [0.2, 0.25) is 0 Å². The Morgan fingerprint density at radius 3 is 2.41 bits per heavy atom. The van der Waals surface area contributed by atoms with Crippen molar-refractivity contribution in [1.82, 2.24) is 9.78 Å². The number of hydrogen-bond donors (Lipinski definition) is 3. The van der Waals surface area contributed by atoms with Crippen molar-refractivity contribution in [2.45, 2.75) is 0 Å². The van der Waals surface area contributed by atoms with Crippen molar-refractivity contribution in [1.29, 1.82) is 0 Å². The molecular formula is C23H16Cl2N4O3. The van der Waals surface area contributed by atoms with E-state index in [9.17, 15) is 9.90 Å². The van der Waals surface area contributed by atoms with Crippen LogP contribution in [0.3, 0.4) is 0 Å². The Labute approximate surface area is 193 Å². The lowest BCUT2D eigenvalue weighted by Gasteiger charge is -2.03. The highest BCUT2D eigenvalue weighted by atomic mass is 35.5. The molecule has 0 saturated carbocycles. The number of hydrazone groups is 1. The average Bonchev–Trinajstić information content (AvgIpc) is 3.20. The predicted octanol–water partition coefficient (Wildman–Crippen LogP) is 5.70. The van der Waals surface area contributed by atoms with E-state index in [1.807, 2.05) is 0 Å². The van der Waals surface area contributed by atoms with Crippen molar-refractivity contribution in [3.63, 3.8) is 0 Å². The third-order valence-electron chi connectivity index (χ3n) is 4.58. The van der Waals surface area contributed by atoms with Gasteiger partial charge in [0.1, 0.15) is 11.4 Å². The fraction of sp³-hybridized carbons (Fsp3) is 0. The molecule has 0 aliphatic rings. The molecule has 0 amide bonds. The van der Waals surface area contributed by atoms with Gasteiger partial charge in [-0.2, -0.15) is 10.2 Å². The molecule has 0 radical (unpaired) electrons. The number of carboxylic acid groups (broad SMARTS) is 1. The SMILES string of the molecule is O=C(O)c1ccc(-n2cc(/C=N/Nc3ccc(Cl)cc3Cl)c(-c3ccc(O)cc3)n2)cc1. The number of carboxylic acids is 1. The third-order valence-corrected chi connectivity index (χ3v) is 5.13. The first-order chi connectivity index (χ1) is 15.4. The number of hydrogen-bond acceptors (Lipinski definition) is 5. The van der Waals surface area contributed by atoms with Gasteiger partial charge in [0.05, 0.1) is 28.2 Å². The van der Waals surface area contributed by atoms with Crippen LogP contribution >= 0.6 is 23.2 Å². The van der Waals surface area contributed by atoms with Crippen LogP contribution in [0.4, 0.5) is 5.69 Å². The molecule has 0 aliphatic carbocycles. The Balaban J connectivity index is 1.69. The molecule has 1 aromatic heterocycles. The van der Waals surface area contributed by atoms with Crippen LogP contribution < -0.4 is 5.43 Å². The average molecular weight is 467 g/mol. The summed E-state index contributed by atoms with van der Waals surface area (Å²) >= 11 is 12.1. The first kappa shape index (κ1) is 21.4. The summed E-state index contributed by atoms with van der Waals surface area (Å²) in [5.41, 5.74) is 6.43. The van der Waals surface area contributed by atoms with Gasteiger partial charge in [0.25, 0.3) is 0 Å². The largest absolute Gasteiger partial charge is 0.508 e. The van der Waals surface area contributed by atoms with E-state index >= 15 is 0 Å². The Morgan fingerprint density at radius 1 is 1.03 bits per heavy atom. The summed E-state index contributed by atoms with van der Waals surface area (Å²) < 4.78 is 1.63. The quantitative estimate of drug-likeness (QED) is 0.250. The van der Waals surface area contributed by atoms with Gasteiger partial charge in [0, 0.05) is 22.3 Å². The minimum atomic E-state index is -0.999. The number of aromatic hydroxyl groups is 1. The van der Waals surface area contributed by atoms with Crippen LogP contribution in [0.25, 0.3) is 16.9 Å². The van der Waals surface area contributed by atoms with Gasteiger partial charge < -0.3 is 10.2 Å². The fourth-order valence-electron chi connectivity index (χ4n) is 2.97. The van der Waals surface area contributed by atoms with Crippen molar-refractivity contribution in [2.75, 3.05) is 5.43 Å². The van der Waals surface area contributed by atoms with E-state index < -0.39 is 5.97 Å². The predicted molar refractivity (Wildman–Crippen MR) is 125 cm³/mol. The molecule has 4 aromatic rings. The molecule has 0 aliphatic heterocycles. The van der Waals surface area contributed by atoms with Crippen molar-refractivity contribution in [3.8, 4) is 22.7 Å². The maximum absolute atomic E-state index is 11.1. The molecule has 3 aromatic carbocycles. The van der Waals surface area contributed by atoms with E-state index in [-0.39, 0.29) is 11.3 Å². The number of anilines is 1. The first-order valence-electron chi connectivity index (χ1n) is 9.37. The number of nitrogens with one attached hydrogen (secondary N) is 1. The third kappa shape index (κ3) is 4.74. The lowest BCUT2D eigenvalue weighted by molar-refractivity contribution is 0.0697. The Hall–Kier alpha value is -3.81. The first-order valence-corrected chi connectivity index (χ1v) is 10.1. The molecule has 7 nitrogen and oxygen atoms in total. The summed E-state index contributed by atoms with van der Waals surface area (Å²) in [5, 5.41) is 28.6. The van der Waals surface area contributed by atoms with Gasteiger partial charge in [-0.15, -0.1) is 0 Å². The standard InChI is InChI=1S/C23H16Cl2N4O3/c24-17-5-10-21(20(25)11-17)27-26-12-16-13-29(18-6-1-15(2-7-18)23(31)32)28-22(16)14-3-8-19(30)9-4-14/h1-13,27,30H,(H,31,32)/b26-12+. The molecule has 32 heavy (non-hydrogen) atoms. The van der Waals surface area contributed by atoms with Gasteiger partial charge in [-0.25, -0.2) is 9.48 Å². The molecule has 3 N–H and O–H groups in total. The van der Waals surface area contributed by atoms with Crippen LogP contribution in [0.15, 0.2) is 78.0 Å². The molecular weight excluding hydrogens is 451 g/mol. The Bertz CT molecular complexity index is 1300. The summed E-state index contributed by atoms with van der Waals surface area (Å²) in [6.07, 6.45) is 3.37. The van der Waals surface area contributed by atoms with E-state index in [2.05, 4.69) is 15.6 Å². The van der Waals surface area contributed by atoms with Crippen LogP contribution in [-0.2, 0) is 0 Å². The number of aromatic carboxylic acids is 1. The maximum Gasteiger partial charge on any atom is 0.335 e. The van der Waals surface area contributed by atoms with E-state index in [1.165, 1.54) is 12.1 Å². The normalized spacial score (nSPS) is 11.1. The number of halogens is 2. The highest BCUT2D eigenvalue weighted by molar-refractivity contribution is 6.36. The summed E-state index contributed by atoms with van der Waals surface area (Å²) in [5.74, 6) is -0.853. The molecule has 0 saturated heterocycles. The molecule has 0 fully saturated rings. The second-order valence-electron chi connectivity index (χ2n) is 6.77. The summed E-state index contributed by atoms with van der Waals surface area (Å²) in [7, 11) is 0. The molecule has 0 spiro atoms. The van der Waals surface area contributed by atoms with Crippen LogP contribution in [0, 0.1) is 0 Å². The summed E-state index contributed by atoms with van der Waals surface area (Å²) in [4.78, 5) is 11.1. The number of phenolic OH excluding ortho intramolecular Hbond substituents is 1. The summed E-state index contributed by atoms with van der Waals surface area (Å²) in [6.45, 7) is 0. The minimum absolute atomic E-state index is 0.145. The van der Waals surface area contributed by atoms with Gasteiger partial charge in [-0.1, -0.05) is 23.2 Å². The zero-order chi connectivity index (χ0) is 22.7. The highest BCUT2D eigenvalue weighted by Gasteiger charge is 2.12. The number of aromatic nitrogens is 2. The Kier molecular flexibility index (Phi) is 6.11. The van der Waals surface area contributed by atoms with Gasteiger partial charge >= 0.3 is 5.97 Å². The van der Waals surface area contributed by atoms with Crippen LogP contribution in [0.1, 0.15) is 15.9 Å². The van der Waals surface area contributed by atoms with E-state index in [0.717, 1.165) is 5.56 Å².